The number of carbonyl (C=O) groups is 4. The highest BCUT2D eigenvalue weighted by Crippen LogP contribution is 2.31. The van der Waals surface area contributed by atoms with Crippen LogP contribution in [0.25, 0.3) is 0 Å². The van der Waals surface area contributed by atoms with Gasteiger partial charge in [-0.2, -0.15) is 5.26 Å². The van der Waals surface area contributed by atoms with Gasteiger partial charge in [-0.25, -0.2) is 9.69 Å². The van der Waals surface area contributed by atoms with Crippen LogP contribution in [0.2, 0.25) is 5.02 Å². The highest BCUT2D eigenvalue weighted by molar-refractivity contribution is 6.34. The summed E-state index contributed by atoms with van der Waals surface area (Å²) in [6.07, 6.45) is 0. The van der Waals surface area contributed by atoms with Crippen molar-refractivity contribution in [2.45, 2.75) is 0 Å². The Morgan fingerprint density at radius 2 is 1.36 bits per heavy atom. The van der Waals surface area contributed by atoms with Crippen LogP contribution in [0.3, 0.4) is 0 Å². The first-order valence-electron chi connectivity index (χ1n) is 11.6. The summed E-state index contributed by atoms with van der Waals surface area (Å²) in [4.78, 5) is 52.0. The van der Waals surface area contributed by atoms with Gasteiger partial charge in [-0.15, -0.1) is 0 Å². The van der Waals surface area contributed by atoms with E-state index in [2.05, 4.69) is 0 Å². The normalized spacial score (nSPS) is 12.1. The molecule has 1 aliphatic rings. The largest absolute Gasteiger partial charge is 0.457 e. The van der Waals surface area contributed by atoms with E-state index in [9.17, 15) is 19.2 Å². The fourth-order valence-corrected chi connectivity index (χ4v) is 4.06. The van der Waals surface area contributed by atoms with Crippen molar-refractivity contribution < 1.29 is 28.7 Å². The third kappa shape index (κ3) is 5.25. The highest BCUT2D eigenvalue weighted by atomic mass is 35.5. The summed E-state index contributed by atoms with van der Waals surface area (Å²) in [5.41, 5.74) is 1.40. The molecule has 0 spiro atoms. The Morgan fingerprint density at radius 3 is 2.00 bits per heavy atom. The molecule has 0 unspecified atom stereocenters. The second-order valence-corrected chi connectivity index (χ2v) is 8.88. The molecule has 0 fully saturated rings. The lowest BCUT2D eigenvalue weighted by Crippen LogP contribution is -2.29. The van der Waals surface area contributed by atoms with E-state index in [4.69, 9.17) is 26.3 Å². The van der Waals surface area contributed by atoms with E-state index >= 15 is 0 Å². The van der Waals surface area contributed by atoms with Crippen molar-refractivity contribution in [2.24, 2.45) is 0 Å². The Morgan fingerprint density at radius 1 is 0.769 bits per heavy atom. The number of ether oxygens (including phenoxy) is 2. The van der Waals surface area contributed by atoms with E-state index < -0.39 is 30.2 Å². The van der Waals surface area contributed by atoms with Gasteiger partial charge in [-0.3, -0.25) is 14.4 Å². The van der Waals surface area contributed by atoms with Crippen LogP contribution in [0.1, 0.15) is 47.0 Å². The molecule has 0 aliphatic carbocycles. The quantitative estimate of drug-likeness (QED) is 0.165. The number of Topliss-reactive ketones (excluding diaryl/α,β-unsaturated/α-hetero) is 1. The van der Waals surface area contributed by atoms with Crippen LogP contribution in [0.4, 0.5) is 5.69 Å². The van der Waals surface area contributed by atoms with E-state index in [0.717, 1.165) is 4.90 Å². The first-order chi connectivity index (χ1) is 18.8. The number of benzene rings is 4. The zero-order chi connectivity index (χ0) is 27.5. The predicted molar refractivity (Wildman–Crippen MR) is 141 cm³/mol. The minimum Gasteiger partial charge on any atom is -0.457 e. The monoisotopic (exact) mass is 536 g/mol. The molecule has 1 aliphatic heterocycles. The molecular weight excluding hydrogens is 520 g/mol. The second kappa shape index (κ2) is 10.6. The smallest absolute Gasteiger partial charge is 0.338 e. The predicted octanol–water partition coefficient (Wildman–Crippen LogP) is 5.84. The van der Waals surface area contributed by atoms with Crippen LogP contribution in [-0.4, -0.2) is 30.2 Å². The summed E-state index contributed by atoms with van der Waals surface area (Å²) in [6, 6.07) is 25.2. The molecule has 5 rings (SSSR count). The lowest BCUT2D eigenvalue weighted by atomic mass is 10.1. The summed E-state index contributed by atoms with van der Waals surface area (Å²) in [5, 5.41) is 9.38. The van der Waals surface area contributed by atoms with Gasteiger partial charge in [0.25, 0.3) is 11.8 Å². The topological polar surface area (TPSA) is 114 Å². The fourth-order valence-electron chi connectivity index (χ4n) is 3.93. The number of esters is 1. The van der Waals surface area contributed by atoms with Gasteiger partial charge < -0.3 is 9.47 Å². The highest BCUT2D eigenvalue weighted by Gasteiger charge is 2.37. The average molecular weight is 537 g/mol. The van der Waals surface area contributed by atoms with Gasteiger partial charge in [0.2, 0.25) is 0 Å². The number of hydrogen-bond donors (Lipinski definition) is 0. The molecule has 4 aromatic rings. The molecule has 0 atom stereocenters. The molecule has 0 N–H and O–H groups in total. The molecule has 9 heteroatoms. The molecule has 8 nitrogen and oxygen atoms in total. The number of fused-ring (bicyclic) bond motifs is 1. The average Bonchev–Trinajstić information content (AvgIpc) is 3.21. The maximum atomic E-state index is 13.1. The Kier molecular flexibility index (Phi) is 6.91. The summed E-state index contributed by atoms with van der Waals surface area (Å²) in [5.74, 6) is -1.35. The fraction of sp³-hybridized carbons (Fsp3) is 0.0333. The van der Waals surface area contributed by atoms with Gasteiger partial charge in [-0.1, -0.05) is 11.6 Å². The molecule has 0 radical (unpaired) electrons. The summed E-state index contributed by atoms with van der Waals surface area (Å²) in [6.45, 7) is -0.493. The number of amides is 2. The molecule has 39 heavy (non-hydrogen) atoms. The number of halogens is 1. The number of rotatable bonds is 7. The van der Waals surface area contributed by atoms with Crippen LogP contribution >= 0.6 is 11.6 Å². The Hall–Kier alpha value is -5.26. The molecule has 0 aromatic heterocycles. The molecule has 0 saturated heterocycles. The number of imide groups is 1. The van der Waals surface area contributed by atoms with Crippen LogP contribution in [0, 0.1) is 11.3 Å². The van der Waals surface area contributed by atoms with Crippen LogP contribution in [0.15, 0.2) is 91.0 Å². The Bertz CT molecular complexity index is 1660. The summed E-state index contributed by atoms with van der Waals surface area (Å²) < 4.78 is 10.9. The standard InChI is InChI=1S/C30H17ClN2O6/c31-21-6-3-19(4-7-21)27(34)17-38-30(37)20-5-14-25-26(15-20)29(36)33(28(25)35)22-8-12-24(13-9-22)39-23-10-1-18(16-32)2-11-23/h1-15H,17H2. The van der Waals surface area contributed by atoms with Gasteiger partial charge >= 0.3 is 5.97 Å². The number of carbonyl (C=O) groups excluding carboxylic acids is 4. The summed E-state index contributed by atoms with van der Waals surface area (Å²) in [7, 11) is 0. The zero-order valence-corrected chi connectivity index (χ0v) is 20.8. The second-order valence-electron chi connectivity index (χ2n) is 8.44. The van der Waals surface area contributed by atoms with Crippen molar-refractivity contribution in [1.82, 2.24) is 0 Å². The first kappa shape index (κ1) is 25.4. The van der Waals surface area contributed by atoms with Crippen LogP contribution in [0.5, 0.6) is 11.5 Å². The van der Waals surface area contributed by atoms with Crippen molar-refractivity contribution in [3.8, 4) is 17.6 Å². The first-order valence-corrected chi connectivity index (χ1v) is 12.0. The van der Waals surface area contributed by atoms with Crippen molar-refractivity contribution >= 4 is 40.9 Å². The molecule has 0 bridgehead atoms. The third-order valence-corrected chi connectivity index (χ3v) is 6.19. The summed E-state index contributed by atoms with van der Waals surface area (Å²) >= 11 is 5.82. The number of nitriles is 1. The molecule has 190 valence electrons. The number of ketones is 1. The van der Waals surface area contributed by atoms with E-state index in [0.29, 0.717) is 33.3 Å². The van der Waals surface area contributed by atoms with Crippen molar-refractivity contribution in [1.29, 1.82) is 5.26 Å². The van der Waals surface area contributed by atoms with Crippen molar-refractivity contribution in [2.75, 3.05) is 11.5 Å². The van der Waals surface area contributed by atoms with Crippen molar-refractivity contribution in [3.05, 3.63) is 124 Å². The number of hydrogen-bond acceptors (Lipinski definition) is 7. The van der Waals surface area contributed by atoms with Gasteiger partial charge in [0.05, 0.1) is 34.0 Å². The SMILES string of the molecule is N#Cc1ccc(Oc2ccc(N3C(=O)c4ccc(C(=O)OCC(=O)c5ccc(Cl)cc5)cc4C3=O)cc2)cc1. The molecule has 4 aromatic carbocycles. The molecule has 1 heterocycles. The lowest BCUT2D eigenvalue weighted by Gasteiger charge is -2.14. The maximum absolute atomic E-state index is 13.1. The van der Waals surface area contributed by atoms with E-state index in [-0.39, 0.29) is 16.7 Å². The van der Waals surface area contributed by atoms with Gasteiger partial charge in [0.15, 0.2) is 12.4 Å². The number of anilines is 1. The lowest BCUT2D eigenvalue weighted by molar-refractivity contribution is 0.0474. The minimum atomic E-state index is -0.803. The Balaban J connectivity index is 1.27. The van der Waals surface area contributed by atoms with E-state index in [1.54, 1.807) is 60.7 Å². The van der Waals surface area contributed by atoms with Crippen molar-refractivity contribution in [3.63, 3.8) is 0 Å². The molecule has 0 saturated carbocycles. The molecule has 2 amide bonds. The molecular formula is C30H17ClN2O6. The van der Waals surface area contributed by atoms with Crippen LogP contribution < -0.4 is 9.64 Å². The van der Waals surface area contributed by atoms with Crippen LogP contribution in [-0.2, 0) is 4.74 Å². The van der Waals surface area contributed by atoms with Gasteiger partial charge in [0, 0.05) is 10.6 Å². The van der Waals surface area contributed by atoms with E-state index in [1.807, 2.05) is 6.07 Å². The van der Waals surface area contributed by atoms with Gasteiger partial charge in [0.1, 0.15) is 11.5 Å². The number of nitrogens with zero attached hydrogens (tertiary/aromatic N) is 2. The third-order valence-electron chi connectivity index (χ3n) is 5.94. The maximum Gasteiger partial charge on any atom is 0.338 e. The minimum absolute atomic E-state index is 0.0341. The van der Waals surface area contributed by atoms with Gasteiger partial charge in [-0.05, 0) is 91.0 Å². The zero-order valence-electron chi connectivity index (χ0n) is 20.1. The Labute approximate surface area is 227 Å². The van der Waals surface area contributed by atoms with E-state index in [1.165, 1.54) is 30.3 Å².